The van der Waals surface area contributed by atoms with Crippen LogP contribution in [0.4, 0.5) is 4.39 Å². The van der Waals surface area contributed by atoms with Gasteiger partial charge in [-0.1, -0.05) is 28.9 Å². The van der Waals surface area contributed by atoms with Crippen molar-refractivity contribution in [1.29, 1.82) is 0 Å². The predicted molar refractivity (Wildman–Crippen MR) is 133 cm³/mol. The Hall–Kier alpha value is -2.54. The Kier molecular flexibility index (Phi) is 7.32. The van der Waals surface area contributed by atoms with E-state index in [-0.39, 0.29) is 23.4 Å². The smallest absolute Gasteiger partial charge is 0.166 e. The molecule has 184 valence electrons. The maximum Gasteiger partial charge on any atom is 0.166 e. The summed E-state index contributed by atoms with van der Waals surface area (Å²) in [6.45, 7) is 2.74. The monoisotopic (exact) mass is 496 g/mol. The number of carbonyl (C=O) groups is 1. The lowest BCUT2D eigenvalue weighted by Gasteiger charge is -2.32. The van der Waals surface area contributed by atoms with Crippen LogP contribution in [0.25, 0.3) is 11.3 Å². The van der Waals surface area contributed by atoms with E-state index in [0.29, 0.717) is 16.3 Å². The van der Waals surface area contributed by atoms with E-state index in [1.165, 1.54) is 12.1 Å². The average molecular weight is 497 g/mol. The SMILES string of the molecule is O=C(c1ccc(F)cc1)C1CCN(CCCC2CCc3onc(-c4ccc(Cl)cc4)c3C2O)CC1. The lowest BCUT2D eigenvalue weighted by Crippen LogP contribution is -2.37. The molecule has 1 fully saturated rings. The number of aromatic nitrogens is 1. The van der Waals surface area contributed by atoms with Crippen molar-refractivity contribution in [3.8, 4) is 11.3 Å². The second kappa shape index (κ2) is 10.6. The molecule has 1 aliphatic heterocycles. The molecule has 2 aliphatic rings. The molecule has 1 aromatic heterocycles. The van der Waals surface area contributed by atoms with Crippen molar-refractivity contribution in [2.75, 3.05) is 19.6 Å². The lowest BCUT2D eigenvalue weighted by molar-refractivity contribution is 0.0763. The first-order valence-corrected chi connectivity index (χ1v) is 12.8. The standard InChI is InChI=1S/C28H30ClFN2O3/c29-22-8-3-18(4-9-22)26-25-24(35-31-26)12-7-19(28(25)34)2-1-15-32-16-13-21(14-17-32)27(33)20-5-10-23(30)11-6-20/h3-6,8-11,19,21,28,34H,1-2,7,12-17H2. The van der Waals surface area contributed by atoms with E-state index in [1.54, 1.807) is 12.1 Å². The number of hydrogen-bond acceptors (Lipinski definition) is 5. The Morgan fingerprint density at radius 1 is 1.09 bits per heavy atom. The summed E-state index contributed by atoms with van der Waals surface area (Å²) in [4.78, 5) is 15.1. The van der Waals surface area contributed by atoms with Crippen LogP contribution in [0.3, 0.4) is 0 Å². The lowest BCUT2D eigenvalue weighted by atomic mass is 9.80. The molecule has 0 saturated carbocycles. The van der Waals surface area contributed by atoms with Crippen molar-refractivity contribution in [1.82, 2.24) is 10.1 Å². The number of aryl methyl sites for hydroxylation is 1. The Bertz CT molecular complexity index is 1150. The van der Waals surface area contributed by atoms with Crippen LogP contribution < -0.4 is 0 Å². The van der Waals surface area contributed by atoms with Gasteiger partial charge >= 0.3 is 0 Å². The van der Waals surface area contributed by atoms with Crippen molar-refractivity contribution in [2.45, 2.75) is 44.6 Å². The van der Waals surface area contributed by atoms with E-state index in [4.69, 9.17) is 16.1 Å². The molecular formula is C28H30ClFN2O3. The fourth-order valence-corrected chi connectivity index (χ4v) is 5.62. The minimum Gasteiger partial charge on any atom is -0.388 e. The Morgan fingerprint density at radius 2 is 1.80 bits per heavy atom. The van der Waals surface area contributed by atoms with Crippen LogP contribution in [0.1, 0.15) is 59.9 Å². The number of carbonyl (C=O) groups excluding carboxylic acids is 1. The maximum atomic E-state index is 13.1. The zero-order valence-corrected chi connectivity index (χ0v) is 20.4. The normalized spacial score (nSPS) is 21.1. The molecule has 0 radical (unpaired) electrons. The van der Waals surface area contributed by atoms with Gasteiger partial charge in [0, 0.05) is 28.5 Å². The first-order chi connectivity index (χ1) is 17.0. The third-order valence-corrected chi connectivity index (χ3v) is 7.79. The van der Waals surface area contributed by atoms with E-state index in [2.05, 4.69) is 10.1 Å². The van der Waals surface area contributed by atoms with Gasteiger partial charge in [-0.25, -0.2) is 4.39 Å². The predicted octanol–water partition coefficient (Wildman–Crippen LogP) is 6.11. The molecule has 1 N–H and O–H groups in total. The summed E-state index contributed by atoms with van der Waals surface area (Å²) in [6, 6.07) is 13.3. The Morgan fingerprint density at radius 3 is 2.51 bits per heavy atom. The zero-order valence-electron chi connectivity index (χ0n) is 19.6. The molecule has 7 heteroatoms. The number of aliphatic hydroxyl groups is 1. The van der Waals surface area contributed by atoms with Crippen LogP contribution in [0.15, 0.2) is 53.1 Å². The van der Waals surface area contributed by atoms with Gasteiger partial charge in [-0.05, 0) is 94.1 Å². The maximum absolute atomic E-state index is 13.1. The first-order valence-electron chi connectivity index (χ1n) is 12.4. The molecule has 2 unspecified atom stereocenters. The van der Waals surface area contributed by atoms with Gasteiger partial charge in [0.15, 0.2) is 5.78 Å². The summed E-state index contributed by atoms with van der Waals surface area (Å²) in [5.74, 6) is 0.768. The van der Waals surface area contributed by atoms with Gasteiger partial charge in [-0.2, -0.15) is 0 Å². The molecule has 1 saturated heterocycles. The van der Waals surface area contributed by atoms with Crippen LogP contribution in [-0.2, 0) is 6.42 Å². The number of likely N-dealkylation sites (tertiary alicyclic amines) is 1. The van der Waals surface area contributed by atoms with E-state index in [1.807, 2.05) is 24.3 Å². The highest BCUT2D eigenvalue weighted by Crippen LogP contribution is 2.42. The highest BCUT2D eigenvalue weighted by atomic mass is 35.5. The van der Waals surface area contributed by atoms with Crippen molar-refractivity contribution < 1.29 is 18.8 Å². The third-order valence-electron chi connectivity index (χ3n) is 7.54. The van der Waals surface area contributed by atoms with Gasteiger partial charge in [-0.15, -0.1) is 0 Å². The summed E-state index contributed by atoms with van der Waals surface area (Å²) in [6.07, 6.45) is 4.67. The quantitative estimate of drug-likeness (QED) is 0.400. The molecule has 1 aliphatic carbocycles. The van der Waals surface area contributed by atoms with Crippen molar-refractivity contribution >= 4 is 17.4 Å². The summed E-state index contributed by atoms with van der Waals surface area (Å²) in [5.41, 5.74) is 3.03. The molecule has 0 bridgehead atoms. The van der Waals surface area contributed by atoms with Gasteiger partial charge in [0.1, 0.15) is 17.3 Å². The summed E-state index contributed by atoms with van der Waals surface area (Å²) >= 11 is 6.02. The fraction of sp³-hybridized carbons (Fsp3) is 0.429. The highest BCUT2D eigenvalue weighted by Gasteiger charge is 2.34. The molecule has 2 heterocycles. The number of rotatable bonds is 7. The minimum atomic E-state index is -0.588. The second-order valence-electron chi connectivity index (χ2n) is 9.75. The van der Waals surface area contributed by atoms with Gasteiger partial charge in [0.2, 0.25) is 0 Å². The number of hydrogen-bond donors (Lipinski definition) is 1. The summed E-state index contributed by atoms with van der Waals surface area (Å²) in [5, 5.41) is 16.1. The molecule has 5 rings (SSSR count). The molecule has 5 nitrogen and oxygen atoms in total. The average Bonchev–Trinajstić information content (AvgIpc) is 3.31. The minimum absolute atomic E-state index is 0.00942. The number of aliphatic hydroxyl groups excluding tert-OH is 1. The van der Waals surface area contributed by atoms with E-state index in [9.17, 15) is 14.3 Å². The molecule has 2 atom stereocenters. The summed E-state index contributed by atoms with van der Waals surface area (Å²) in [7, 11) is 0. The van der Waals surface area contributed by atoms with Gasteiger partial charge in [0.05, 0.1) is 11.7 Å². The molecule has 2 aromatic carbocycles. The molecule has 3 aromatic rings. The van der Waals surface area contributed by atoms with E-state index < -0.39 is 6.10 Å². The van der Waals surface area contributed by atoms with Gasteiger partial charge < -0.3 is 14.5 Å². The van der Waals surface area contributed by atoms with Gasteiger partial charge in [-0.3, -0.25) is 4.79 Å². The topological polar surface area (TPSA) is 66.6 Å². The number of ketones is 1. The first kappa shape index (κ1) is 24.2. The van der Waals surface area contributed by atoms with Crippen LogP contribution in [0, 0.1) is 17.7 Å². The number of benzene rings is 2. The summed E-state index contributed by atoms with van der Waals surface area (Å²) < 4.78 is 18.7. The number of piperidine rings is 1. The second-order valence-corrected chi connectivity index (χ2v) is 10.2. The number of Topliss-reactive ketones (excluding diaryl/α,β-unsaturated/α-hetero) is 1. The Balaban J connectivity index is 1.12. The van der Waals surface area contributed by atoms with Crippen molar-refractivity contribution in [3.05, 3.63) is 76.3 Å². The van der Waals surface area contributed by atoms with Crippen LogP contribution in [0.2, 0.25) is 5.02 Å². The number of nitrogens with zero attached hydrogens (tertiary/aromatic N) is 2. The molecule has 0 amide bonds. The fourth-order valence-electron chi connectivity index (χ4n) is 5.49. The number of fused-ring (bicyclic) bond motifs is 1. The third kappa shape index (κ3) is 5.35. The van der Waals surface area contributed by atoms with E-state index >= 15 is 0 Å². The van der Waals surface area contributed by atoms with Crippen molar-refractivity contribution in [2.24, 2.45) is 11.8 Å². The van der Waals surface area contributed by atoms with Crippen molar-refractivity contribution in [3.63, 3.8) is 0 Å². The van der Waals surface area contributed by atoms with Gasteiger partial charge in [0.25, 0.3) is 0 Å². The van der Waals surface area contributed by atoms with Crippen LogP contribution in [0.5, 0.6) is 0 Å². The zero-order chi connectivity index (χ0) is 24.4. The molecule has 0 spiro atoms. The molecular weight excluding hydrogens is 467 g/mol. The largest absolute Gasteiger partial charge is 0.388 e. The van der Waals surface area contributed by atoms with E-state index in [0.717, 1.165) is 75.0 Å². The highest BCUT2D eigenvalue weighted by molar-refractivity contribution is 6.30. The number of halogens is 2. The van der Waals surface area contributed by atoms with Crippen LogP contribution >= 0.6 is 11.6 Å². The van der Waals surface area contributed by atoms with Crippen LogP contribution in [-0.4, -0.2) is 40.6 Å². The molecule has 35 heavy (non-hydrogen) atoms. The Labute approximate surface area is 209 Å².